The first-order valence-corrected chi connectivity index (χ1v) is 20.6. The predicted molar refractivity (Wildman–Crippen MR) is 223 cm³/mol. The maximum absolute atomic E-state index is 17.3. The first kappa shape index (κ1) is 41.3. The number of halogens is 3. The molecule has 3 fully saturated rings. The van der Waals surface area contributed by atoms with Gasteiger partial charge in [-0.25, -0.2) is 18.2 Å². The fourth-order valence-electron chi connectivity index (χ4n) is 9.68. The number of hydrogen-bond donors (Lipinski definition) is 1. The molecule has 15 heteroatoms. The Morgan fingerprint density at radius 1 is 1.17 bits per heavy atom. The van der Waals surface area contributed by atoms with Gasteiger partial charge >= 0.3 is 6.01 Å². The summed E-state index contributed by atoms with van der Waals surface area (Å²) in [6.07, 6.45) is 11.2. The summed E-state index contributed by atoms with van der Waals surface area (Å²) in [7, 11) is 1.80. The van der Waals surface area contributed by atoms with E-state index in [0.29, 0.717) is 49.1 Å². The number of carbonyl (C=O) groups excluding carboxylic acids is 1. The number of likely N-dealkylation sites (tertiary alicyclic amines) is 1. The van der Waals surface area contributed by atoms with E-state index < -0.39 is 34.9 Å². The summed E-state index contributed by atoms with van der Waals surface area (Å²) in [5.74, 6) is 0.852. The molecular formula is C45H51F3N8O4. The highest BCUT2D eigenvalue weighted by Crippen LogP contribution is 2.45. The van der Waals surface area contributed by atoms with E-state index in [2.05, 4.69) is 34.3 Å². The van der Waals surface area contributed by atoms with E-state index in [9.17, 15) is 9.90 Å². The highest BCUT2D eigenvalue weighted by atomic mass is 19.1. The van der Waals surface area contributed by atoms with Gasteiger partial charge in [0.1, 0.15) is 35.7 Å². The largest absolute Gasteiger partial charge is 0.461 e. The van der Waals surface area contributed by atoms with Crippen molar-refractivity contribution in [1.82, 2.24) is 24.8 Å². The van der Waals surface area contributed by atoms with Crippen LogP contribution >= 0.6 is 0 Å². The number of terminal acetylenes is 1. The highest BCUT2D eigenvalue weighted by Gasteiger charge is 2.45. The zero-order valence-corrected chi connectivity index (χ0v) is 34.5. The van der Waals surface area contributed by atoms with E-state index in [1.807, 2.05) is 28.9 Å². The van der Waals surface area contributed by atoms with Crippen LogP contribution in [0.15, 0.2) is 49.3 Å². The Morgan fingerprint density at radius 3 is 2.72 bits per heavy atom. The lowest BCUT2D eigenvalue weighted by molar-refractivity contribution is -0.126. The molecule has 3 aliphatic heterocycles. The van der Waals surface area contributed by atoms with Crippen LogP contribution < -0.4 is 19.4 Å². The molecule has 8 rings (SSSR count). The summed E-state index contributed by atoms with van der Waals surface area (Å²) < 4.78 is 59.8. The minimum Gasteiger partial charge on any atom is -0.461 e. The summed E-state index contributed by atoms with van der Waals surface area (Å²) in [5, 5.41) is 11.6. The maximum Gasteiger partial charge on any atom is 0.319 e. The van der Waals surface area contributed by atoms with Crippen LogP contribution in [0.5, 0.6) is 6.01 Å². The highest BCUT2D eigenvalue weighted by molar-refractivity contribution is 5.90. The van der Waals surface area contributed by atoms with Crippen molar-refractivity contribution < 1.29 is 32.5 Å². The molecule has 4 aromatic rings. The molecule has 1 amide bonds. The lowest BCUT2D eigenvalue weighted by Gasteiger charge is -2.37. The molecule has 0 saturated carbocycles. The molecule has 3 saturated heterocycles. The second-order valence-corrected chi connectivity index (χ2v) is 17.2. The number of rotatable bonds is 10. The number of aliphatic hydroxyl groups is 1. The van der Waals surface area contributed by atoms with Crippen molar-refractivity contribution in [1.29, 1.82) is 0 Å². The number of amides is 1. The van der Waals surface area contributed by atoms with Gasteiger partial charge in [0.2, 0.25) is 5.91 Å². The third-order valence-electron chi connectivity index (χ3n) is 12.6. The minimum atomic E-state index is -1.27. The van der Waals surface area contributed by atoms with Gasteiger partial charge in [-0.2, -0.15) is 9.97 Å². The lowest BCUT2D eigenvalue weighted by Crippen LogP contribution is -2.47. The Kier molecular flexibility index (Phi) is 11.1. The first-order valence-electron chi connectivity index (χ1n) is 20.6. The molecule has 60 heavy (non-hydrogen) atoms. The number of carbonyl (C=O) groups is 1. The quantitative estimate of drug-likeness (QED) is 0.156. The van der Waals surface area contributed by atoms with E-state index in [0.717, 1.165) is 25.1 Å². The Labute approximate surface area is 348 Å². The number of ether oxygens (including phenoxy) is 2. The Balaban J connectivity index is 1.16. The fourth-order valence-corrected chi connectivity index (χ4v) is 9.68. The predicted octanol–water partition coefficient (Wildman–Crippen LogP) is 5.73. The monoisotopic (exact) mass is 824 g/mol. The van der Waals surface area contributed by atoms with E-state index in [1.54, 1.807) is 31.1 Å². The van der Waals surface area contributed by atoms with E-state index in [4.69, 9.17) is 25.9 Å². The van der Waals surface area contributed by atoms with Gasteiger partial charge in [0, 0.05) is 63.7 Å². The van der Waals surface area contributed by atoms with Gasteiger partial charge in [-0.15, -0.1) is 6.42 Å². The summed E-state index contributed by atoms with van der Waals surface area (Å²) in [4.78, 5) is 39.2. The van der Waals surface area contributed by atoms with Crippen molar-refractivity contribution in [3.8, 4) is 18.4 Å². The van der Waals surface area contributed by atoms with Crippen LogP contribution in [0.3, 0.4) is 0 Å². The summed E-state index contributed by atoms with van der Waals surface area (Å²) in [6, 6.07) is 6.58. The number of pyridine rings is 2. The molecule has 12 nitrogen and oxygen atoms in total. The zero-order chi connectivity index (χ0) is 42.5. The van der Waals surface area contributed by atoms with Gasteiger partial charge in [0.25, 0.3) is 0 Å². The molecule has 3 aromatic heterocycles. The maximum atomic E-state index is 17.3. The van der Waals surface area contributed by atoms with Crippen LogP contribution in [0.4, 0.5) is 30.5 Å². The number of morpholine rings is 1. The van der Waals surface area contributed by atoms with Crippen molar-refractivity contribution in [2.75, 3.05) is 67.7 Å². The molecular weight excluding hydrogens is 774 g/mol. The minimum absolute atomic E-state index is 0.00284. The van der Waals surface area contributed by atoms with Gasteiger partial charge in [0.05, 0.1) is 59.4 Å². The number of alkyl halides is 1. The summed E-state index contributed by atoms with van der Waals surface area (Å²) in [5.41, 5.74) is -0.343. The molecule has 4 aliphatic rings. The van der Waals surface area contributed by atoms with Crippen molar-refractivity contribution in [2.24, 2.45) is 0 Å². The van der Waals surface area contributed by atoms with Gasteiger partial charge < -0.3 is 34.2 Å². The number of nitrogens with zero attached hydrogens (tertiary/aromatic N) is 8. The Morgan fingerprint density at radius 2 is 1.98 bits per heavy atom. The smallest absolute Gasteiger partial charge is 0.319 e. The van der Waals surface area contributed by atoms with Crippen LogP contribution in [0.2, 0.25) is 0 Å². The third-order valence-corrected chi connectivity index (χ3v) is 12.6. The normalized spacial score (nSPS) is 26.6. The average Bonchev–Trinajstić information content (AvgIpc) is 3.82. The van der Waals surface area contributed by atoms with Gasteiger partial charge in [-0.05, 0) is 75.4 Å². The van der Waals surface area contributed by atoms with Crippen LogP contribution in [0, 0.1) is 24.0 Å². The standard InChI is InChI=1S/C45H51F3N8O4/c1-7-32-35(47)13-11-28-18-45(5,58)20-33(38(28)32)40-39(48)41-34(22-50-40)42(53(6)24-31-10-9-15-55(31)37(57)8-2)52-43(51-41)60-26-44(4)19-29(46)23-56(44)36-14-12-30(21-49-36)54-16-17-59-25-27(54)3/h1,8,11-14,21-22,27,29,31,33,58H,2,9-10,15-20,23-26H2,3-6H3/t27-,29+,31-,33+,44-,45-/m0/s1. The topological polar surface area (TPSA) is 120 Å². The number of aromatic nitrogens is 4. The molecule has 0 radical (unpaired) electrons. The van der Waals surface area contributed by atoms with Gasteiger partial charge in [0.15, 0.2) is 5.82 Å². The van der Waals surface area contributed by atoms with Crippen LogP contribution in [0.1, 0.15) is 74.8 Å². The number of fused-ring (bicyclic) bond motifs is 2. The number of anilines is 3. The van der Waals surface area contributed by atoms with Crippen LogP contribution in [-0.4, -0.2) is 118 Å². The molecule has 1 N–H and O–H groups in total. The second-order valence-electron chi connectivity index (χ2n) is 17.2. The van der Waals surface area contributed by atoms with E-state index in [-0.39, 0.29) is 78.6 Å². The van der Waals surface area contributed by atoms with Crippen LogP contribution in [-0.2, 0) is 16.0 Å². The van der Waals surface area contributed by atoms with Crippen molar-refractivity contribution in [3.05, 3.63) is 83.3 Å². The molecule has 1 aromatic carbocycles. The SMILES string of the molecule is C#Cc1c(F)ccc2c1[C@H](c1ncc3c(N(C)C[C@@H]4CCCN4C(=O)C=C)nc(OC[C@]4(C)C[C@@H](F)CN4c4ccc(N5CCOC[C@@H]5C)cn4)nc3c1F)C[C@@](C)(O)C2. The van der Waals surface area contributed by atoms with Gasteiger partial charge in [-0.3, -0.25) is 9.78 Å². The molecule has 6 atom stereocenters. The third kappa shape index (κ3) is 7.71. The van der Waals surface area contributed by atoms with Crippen molar-refractivity contribution in [2.45, 2.75) is 88.2 Å². The second kappa shape index (κ2) is 16.2. The Bertz CT molecular complexity index is 2340. The number of hydrogen-bond acceptors (Lipinski definition) is 11. The molecule has 0 unspecified atom stereocenters. The lowest BCUT2D eigenvalue weighted by atomic mass is 9.72. The van der Waals surface area contributed by atoms with E-state index >= 15 is 13.2 Å². The Hall–Kier alpha value is -5.46. The molecule has 0 bridgehead atoms. The summed E-state index contributed by atoms with van der Waals surface area (Å²) in [6.45, 7) is 12.3. The molecule has 316 valence electrons. The van der Waals surface area contributed by atoms with E-state index in [1.165, 1.54) is 18.3 Å². The van der Waals surface area contributed by atoms with Crippen molar-refractivity contribution in [3.63, 3.8) is 0 Å². The molecule has 0 spiro atoms. The zero-order valence-electron chi connectivity index (χ0n) is 34.5. The molecule has 1 aliphatic carbocycles. The van der Waals surface area contributed by atoms with Gasteiger partial charge in [-0.1, -0.05) is 18.6 Å². The van der Waals surface area contributed by atoms with Crippen molar-refractivity contribution >= 4 is 34.1 Å². The average molecular weight is 825 g/mol. The molecule has 6 heterocycles. The number of benzene rings is 1. The number of likely N-dealkylation sites (N-methyl/N-ethyl adjacent to an activating group) is 1. The summed E-state index contributed by atoms with van der Waals surface area (Å²) >= 11 is 0. The van der Waals surface area contributed by atoms with Crippen LogP contribution in [0.25, 0.3) is 10.9 Å². The first-order chi connectivity index (χ1) is 28.7. The fraction of sp³-hybridized carbons (Fsp3) is 0.489.